The lowest BCUT2D eigenvalue weighted by atomic mass is 10.1. The highest BCUT2D eigenvalue weighted by atomic mass is 19.1. The minimum atomic E-state index is -1.41. The highest BCUT2D eigenvalue weighted by molar-refractivity contribution is 5.92. The first-order valence-corrected chi connectivity index (χ1v) is 8.43. The summed E-state index contributed by atoms with van der Waals surface area (Å²) in [5.41, 5.74) is -0.733. The van der Waals surface area contributed by atoms with Crippen LogP contribution in [0.3, 0.4) is 0 Å². The average Bonchev–Trinajstić information content (AvgIpc) is 2.69. The number of aromatic nitrogens is 2. The zero-order valence-electron chi connectivity index (χ0n) is 14.3. The fourth-order valence-corrected chi connectivity index (χ4v) is 3.15. The van der Waals surface area contributed by atoms with Crippen LogP contribution in [0.2, 0.25) is 0 Å². The molecule has 138 valence electrons. The topological polar surface area (TPSA) is 84.7 Å². The second-order valence-electron chi connectivity index (χ2n) is 6.14. The van der Waals surface area contributed by atoms with Crippen LogP contribution in [0.15, 0.2) is 47.4 Å². The number of nitrogens with zero attached hydrogens (tertiary/aromatic N) is 3. The Morgan fingerprint density at radius 3 is 2.56 bits per heavy atom. The molecule has 0 spiro atoms. The summed E-state index contributed by atoms with van der Waals surface area (Å²) in [6.45, 7) is 2.12. The predicted molar refractivity (Wildman–Crippen MR) is 97.3 cm³/mol. The van der Waals surface area contributed by atoms with Crippen LogP contribution in [0.4, 0.5) is 10.2 Å². The number of fused-ring (bicyclic) bond motifs is 1. The van der Waals surface area contributed by atoms with Crippen molar-refractivity contribution in [2.45, 2.75) is 0 Å². The molecule has 1 aliphatic heterocycles. The van der Waals surface area contributed by atoms with Gasteiger partial charge in [0, 0.05) is 31.0 Å². The van der Waals surface area contributed by atoms with E-state index in [1.807, 2.05) is 4.90 Å². The van der Waals surface area contributed by atoms with E-state index < -0.39 is 22.8 Å². The highest BCUT2D eigenvalue weighted by Gasteiger charge is 2.22. The van der Waals surface area contributed by atoms with Crippen LogP contribution in [0.5, 0.6) is 0 Å². The van der Waals surface area contributed by atoms with Gasteiger partial charge < -0.3 is 19.3 Å². The summed E-state index contributed by atoms with van der Waals surface area (Å²) < 4.78 is 21.6. The first kappa shape index (κ1) is 17.2. The molecule has 27 heavy (non-hydrogen) atoms. The van der Waals surface area contributed by atoms with Gasteiger partial charge in [-0.2, -0.15) is 0 Å². The summed E-state index contributed by atoms with van der Waals surface area (Å²) in [6.07, 6.45) is 1.19. The van der Waals surface area contributed by atoms with Gasteiger partial charge in [-0.05, 0) is 12.1 Å². The molecule has 3 heterocycles. The van der Waals surface area contributed by atoms with Crippen molar-refractivity contribution in [1.29, 1.82) is 0 Å². The van der Waals surface area contributed by atoms with Crippen molar-refractivity contribution in [2.24, 2.45) is 0 Å². The van der Waals surface area contributed by atoms with Crippen LogP contribution in [0, 0.1) is 5.82 Å². The Hall–Kier alpha value is -3.26. The fraction of sp³-hybridized carbons (Fsp3) is 0.211. The van der Waals surface area contributed by atoms with Gasteiger partial charge in [-0.1, -0.05) is 18.2 Å². The first-order valence-electron chi connectivity index (χ1n) is 8.43. The first-order chi connectivity index (χ1) is 13.1. The number of ether oxygens (including phenoxy) is 1. The Balaban J connectivity index is 2.03. The molecule has 1 N–H and O–H groups in total. The lowest BCUT2D eigenvalue weighted by Crippen LogP contribution is -2.37. The molecule has 1 fully saturated rings. The Bertz CT molecular complexity index is 1080. The molecule has 1 aromatic carbocycles. The quantitative estimate of drug-likeness (QED) is 0.761. The minimum absolute atomic E-state index is 0.0812. The number of hydrogen-bond donors (Lipinski definition) is 1. The molecule has 0 unspecified atom stereocenters. The van der Waals surface area contributed by atoms with Crippen LogP contribution in [-0.2, 0) is 4.74 Å². The van der Waals surface area contributed by atoms with E-state index in [-0.39, 0.29) is 11.0 Å². The van der Waals surface area contributed by atoms with Crippen LogP contribution in [0.25, 0.3) is 16.7 Å². The van der Waals surface area contributed by atoms with E-state index in [1.165, 1.54) is 16.8 Å². The summed E-state index contributed by atoms with van der Waals surface area (Å²) >= 11 is 0. The van der Waals surface area contributed by atoms with Crippen molar-refractivity contribution < 1.29 is 19.0 Å². The second-order valence-corrected chi connectivity index (χ2v) is 6.14. The molecule has 0 amide bonds. The number of carbonyl (C=O) groups is 1. The van der Waals surface area contributed by atoms with Gasteiger partial charge in [0.15, 0.2) is 5.65 Å². The molecule has 1 aliphatic rings. The van der Waals surface area contributed by atoms with Crippen molar-refractivity contribution in [1.82, 2.24) is 9.55 Å². The van der Waals surface area contributed by atoms with Gasteiger partial charge in [-0.15, -0.1) is 0 Å². The molecule has 8 heteroatoms. The van der Waals surface area contributed by atoms with Gasteiger partial charge in [-0.25, -0.2) is 14.2 Å². The number of anilines is 1. The van der Waals surface area contributed by atoms with Crippen molar-refractivity contribution in [3.8, 4) is 5.69 Å². The lowest BCUT2D eigenvalue weighted by molar-refractivity contribution is 0.0695. The number of para-hydroxylation sites is 1. The molecule has 0 atom stereocenters. The fourth-order valence-electron chi connectivity index (χ4n) is 3.15. The number of carboxylic acid groups (broad SMARTS) is 1. The second kappa shape index (κ2) is 6.81. The summed E-state index contributed by atoms with van der Waals surface area (Å²) in [4.78, 5) is 30.4. The van der Waals surface area contributed by atoms with Crippen LogP contribution in [-0.4, -0.2) is 46.9 Å². The van der Waals surface area contributed by atoms with E-state index in [0.29, 0.717) is 37.8 Å². The molecule has 2 aromatic heterocycles. The maximum Gasteiger partial charge on any atom is 0.341 e. The number of morpholine rings is 1. The molecule has 1 saturated heterocycles. The molecule has 0 aliphatic carbocycles. The predicted octanol–water partition coefficient (Wildman–Crippen LogP) is 2.06. The van der Waals surface area contributed by atoms with Crippen molar-refractivity contribution in [3.63, 3.8) is 0 Å². The molecular formula is C19H16FN3O4. The number of carboxylic acids is 1. The maximum atomic E-state index is 14.9. The Morgan fingerprint density at radius 2 is 1.89 bits per heavy atom. The zero-order valence-corrected chi connectivity index (χ0v) is 14.3. The van der Waals surface area contributed by atoms with Crippen LogP contribution in [0.1, 0.15) is 10.4 Å². The highest BCUT2D eigenvalue weighted by Crippen LogP contribution is 2.23. The number of benzene rings is 1. The van der Waals surface area contributed by atoms with Gasteiger partial charge in [0.1, 0.15) is 22.6 Å². The lowest BCUT2D eigenvalue weighted by Gasteiger charge is -2.28. The van der Waals surface area contributed by atoms with E-state index in [2.05, 4.69) is 4.98 Å². The SMILES string of the molecule is O=C(O)c1cn(-c2ccccc2)c2nc(N3CCOCC3)cc(F)c2c1=O. The minimum Gasteiger partial charge on any atom is -0.477 e. The number of aromatic carboxylic acids is 1. The van der Waals surface area contributed by atoms with E-state index in [4.69, 9.17) is 4.74 Å². The molecule has 7 nitrogen and oxygen atoms in total. The maximum absolute atomic E-state index is 14.9. The summed E-state index contributed by atoms with van der Waals surface area (Å²) in [6, 6.07) is 9.98. The molecule has 0 saturated carbocycles. The van der Waals surface area contributed by atoms with Crippen molar-refractivity contribution >= 4 is 22.8 Å². The van der Waals surface area contributed by atoms with Crippen molar-refractivity contribution in [3.05, 3.63) is 64.2 Å². The van der Waals surface area contributed by atoms with Gasteiger partial charge in [-0.3, -0.25) is 4.79 Å². The third-order valence-electron chi connectivity index (χ3n) is 4.50. The number of halogens is 1. The number of pyridine rings is 2. The molecule has 4 rings (SSSR count). The zero-order chi connectivity index (χ0) is 19.0. The monoisotopic (exact) mass is 369 g/mol. The molecule has 0 radical (unpaired) electrons. The summed E-state index contributed by atoms with van der Waals surface area (Å²) in [5, 5.41) is 9.03. The average molecular weight is 369 g/mol. The van der Waals surface area contributed by atoms with E-state index in [9.17, 15) is 19.1 Å². The van der Waals surface area contributed by atoms with E-state index in [1.54, 1.807) is 30.3 Å². The standard InChI is InChI=1S/C19H16FN3O4/c20-14-10-15(22-6-8-27-9-7-22)21-18-16(14)17(24)13(19(25)26)11-23(18)12-4-2-1-3-5-12/h1-5,10-11H,6-9H2,(H,25,26). The number of rotatable bonds is 3. The molecule has 3 aromatic rings. The third kappa shape index (κ3) is 3.04. The number of hydrogen-bond acceptors (Lipinski definition) is 5. The molecule has 0 bridgehead atoms. The summed E-state index contributed by atoms with van der Waals surface area (Å²) in [5.74, 6) is -1.82. The Labute approximate surface area is 153 Å². The summed E-state index contributed by atoms with van der Waals surface area (Å²) in [7, 11) is 0. The van der Waals surface area contributed by atoms with Crippen LogP contribution >= 0.6 is 0 Å². The van der Waals surface area contributed by atoms with Gasteiger partial charge in [0.2, 0.25) is 5.43 Å². The van der Waals surface area contributed by atoms with Gasteiger partial charge >= 0.3 is 5.97 Å². The molecular weight excluding hydrogens is 353 g/mol. The Kier molecular flexibility index (Phi) is 4.33. The largest absolute Gasteiger partial charge is 0.477 e. The third-order valence-corrected chi connectivity index (χ3v) is 4.50. The van der Waals surface area contributed by atoms with E-state index in [0.717, 1.165) is 0 Å². The Morgan fingerprint density at radius 1 is 1.19 bits per heavy atom. The normalized spacial score (nSPS) is 14.5. The van der Waals surface area contributed by atoms with E-state index >= 15 is 0 Å². The van der Waals surface area contributed by atoms with Crippen molar-refractivity contribution in [2.75, 3.05) is 31.2 Å². The van der Waals surface area contributed by atoms with Crippen LogP contribution < -0.4 is 10.3 Å². The smallest absolute Gasteiger partial charge is 0.341 e. The van der Waals surface area contributed by atoms with Gasteiger partial charge in [0.25, 0.3) is 0 Å². The van der Waals surface area contributed by atoms with Gasteiger partial charge in [0.05, 0.1) is 13.2 Å².